The van der Waals surface area contributed by atoms with Crippen LogP contribution in [-0.2, 0) is 9.59 Å². The predicted octanol–water partition coefficient (Wildman–Crippen LogP) is 0.627. The minimum Gasteiger partial charge on any atom is -0.480 e. The molecule has 0 bridgehead atoms. The molecule has 1 rings (SSSR count). The second-order valence-corrected chi connectivity index (χ2v) is 3.58. The Hall–Kier alpha value is -2.31. The van der Waals surface area contributed by atoms with Crippen LogP contribution in [0.1, 0.15) is 13.3 Å². The Labute approximate surface area is 103 Å². The van der Waals surface area contributed by atoms with Crippen LogP contribution in [0.2, 0.25) is 0 Å². The second kappa shape index (κ2) is 6.43. The molecule has 1 atom stereocenters. The summed E-state index contributed by atoms with van der Waals surface area (Å²) < 4.78 is 0. The fourth-order valence-electron chi connectivity index (χ4n) is 1.45. The van der Waals surface area contributed by atoms with Crippen molar-refractivity contribution in [2.45, 2.75) is 19.4 Å². The summed E-state index contributed by atoms with van der Waals surface area (Å²) in [4.78, 5) is 36.2. The molecule has 0 saturated heterocycles. The fraction of sp³-hybridized carbons (Fsp3) is 0.364. The van der Waals surface area contributed by atoms with Gasteiger partial charge in [-0.15, -0.1) is 4.91 Å². The minimum atomic E-state index is -1.10. The SMILES string of the molecule is CC/N=C/C=C1\C=C(C(=O)N=O)NC(C(=O)O)C1. The van der Waals surface area contributed by atoms with Crippen LogP contribution in [0.25, 0.3) is 0 Å². The summed E-state index contributed by atoms with van der Waals surface area (Å²) >= 11 is 0. The number of nitrogens with one attached hydrogen (secondary N) is 1. The molecule has 0 aromatic rings. The van der Waals surface area contributed by atoms with Gasteiger partial charge in [-0.2, -0.15) is 0 Å². The topological polar surface area (TPSA) is 108 Å². The van der Waals surface area contributed by atoms with E-state index in [9.17, 15) is 14.5 Å². The molecule has 0 spiro atoms. The van der Waals surface area contributed by atoms with E-state index in [2.05, 4.69) is 15.5 Å². The van der Waals surface area contributed by atoms with Gasteiger partial charge in [0.2, 0.25) is 0 Å². The number of allylic oxidation sites excluding steroid dienone is 2. The number of carbonyl (C=O) groups is 2. The molecule has 7 heteroatoms. The van der Waals surface area contributed by atoms with Crippen LogP contribution in [0.3, 0.4) is 0 Å². The molecule has 0 aromatic heterocycles. The number of nitrogens with zero attached hydrogens (tertiary/aromatic N) is 2. The molecule has 1 aliphatic heterocycles. The number of carboxylic acid groups (broad SMARTS) is 1. The molecular weight excluding hydrogens is 238 g/mol. The van der Waals surface area contributed by atoms with Crippen molar-refractivity contribution >= 4 is 18.1 Å². The van der Waals surface area contributed by atoms with Gasteiger partial charge in [-0.1, -0.05) is 0 Å². The van der Waals surface area contributed by atoms with Gasteiger partial charge < -0.3 is 10.4 Å². The van der Waals surface area contributed by atoms with Crippen molar-refractivity contribution < 1.29 is 14.7 Å². The third-order valence-electron chi connectivity index (χ3n) is 2.29. The summed E-state index contributed by atoms with van der Waals surface area (Å²) in [6.45, 7) is 2.47. The van der Waals surface area contributed by atoms with E-state index in [0.717, 1.165) is 0 Å². The molecular formula is C11H13N3O4. The first-order valence-electron chi connectivity index (χ1n) is 5.36. The summed E-state index contributed by atoms with van der Waals surface area (Å²) in [7, 11) is 0. The lowest BCUT2D eigenvalue weighted by atomic mass is 10.00. The molecule has 2 N–H and O–H groups in total. The zero-order valence-electron chi connectivity index (χ0n) is 9.79. The highest BCUT2D eigenvalue weighted by Gasteiger charge is 2.26. The summed E-state index contributed by atoms with van der Waals surface area (Å²) in [6, 6.07) is -0.947. The van der Waals surface area contributed by atoms with E-state index in [1.54, 1.807) is 6.08 Å². The van der Waals surface area contributed by atoms with Crippen LogP contribution in [0.15, 0.2) is 33.6 Å². The Balaban J connectivity index is 2.99. The summed E-state index contributed by atoms with van der Waals surface area (Å²) in [5.74, 6) is -2.11. The molecule has 96 valence electrons. The molecule has 0 fully saturated rings. The quantitative estimate of drug-likeness (QED) is 0.562. The molecule has 1 unspecified atom stereocenters. The highest BCUT2D eigenvalue weighted by Crippen LogP contribution is 2.17. The van der Waals surface area contributed by atoms with E-state index in [1.807, 2.05) is 6.92 Å². The van der Waals surface area contributed by atoms with Gasteiger partial charge >= 0.3 is 11.9 Å². The zero-order valence-corrected chi connectivity index (χ0v) is 9.79. The van der Waals surface area contributed by atoms with Crippen molar-refractivity contribution in [1.29, 1.82) is 0 Å². The van der Waals surface area contributed by atoms with E-state index < -0.39 is 17.9 Å². The molecule has 7 nitrogen and oxygen atoms in total. The van der Waals surface area contributed by atoms with Crippen molar-refractivity contribution in [2.24, 2.45) is 10.2 Å². The van der Waals surface area contributed by atoms with E-state index in [4.69, 9.17) is 5.11 Å². The van der Waals surface area contributed by atoms with Gasteiger partial charge in [0.1, 0.15) is 11.7 Å². The van der Waals surface area contributed by atoms with Gasteiger partial charge in [-0.25, -0.2) is 4.79 Å². The standard InChI is InChI=1S/C11H13N3O4/c1-2-12-4-3-7-5-8(10(15)14-18)13-9(6-7)11(16)17/h3-5,9,13H,2,6H2,1H3,(H,16,17)/b7-3+,12-4+. The van der Waals surface area contributed by atoms with Crippen molar-refractivity contribution in [1.82, 2.24) is 5.32 Å². The third kappa shape index (κ3) is 3.62. The van der Waals surface area contributed by atoms with Crippen molar-refractivity contribution in [3.8, 4) is 0 Å². The summed E-state index contributed by atoms with van der Waals surface area (Å²) in [5, 5.41) is 13.6. The molecule has 1 aliphatic rings. The minimum absolute atomic E-state index is 0.111. The maximum absolute atomic E-state index is 11.1. The first-order chi connectivity index (χ1) is 8.58. The van der Waals surface area contributed by atoms with Crippen molar-refractivity contribution in [2.75, 3.05) is 6.54 Å². The Morgan fingerprint density at radius 3 is 2.89 bits per heavy atom. The number of nitroso groups, excluding NO2 is 1. The third-order valence-corrected chi connectivity index (χ3v) is 2.29. The molecule has 0 aromatic carbocycles. The molecule has 18 heavy (non-hydrogen) atoms. The number of rotatable bonds is 4. The average molecular weight is 251 g/mol. The normalized spacial score (nSPS) is 21.5. The monoisotopic (exact) mass is 251 g/mol. The lowest BCUT2D eigenvalue weighted by Crippen LogP contribution is -2.40. The number of amides is 1. The molecule has 0 aliphatic carbocycles. The largest absolute Gasteiger partial charge is 0.480 e. The van der Waals surface area contributed by atoms with Gasteiger partial charge in [0.15, 0.2) is 0 Å². The maximum Gasteiger partial charge on any atom is 0.332 e. The number of carboxylic acids is 1. The Kier molecular flexibility index (Phi) is 4.91. The predicted molar refractivity (Wildman–Crippen MR) is 65.2 cm³/mol. The maximum atomic E-state index is 11.1. The number of carbonyl (C=O) groups excluding carboxylic acids is 1. The second-order valence-electron chi connectivity index (χ2n) is 3.58. The smallest absolute Gasteiger partial charge is 0.332 e. The molecule has 1 amide bonds. The fourth-order valence-corrected chi connectivity index (χ4v) is 1.45. The van der Waals surface area contributed by atoms with Crippen LogP contribution >= 0.6 is 0 Å². The number of hydrogen-bond donors (Lipinski definition) is 2. The van der Waals surface area contributed by atoms with E-state index in [0.29, 0.717) is 12.1 Å². The molecule has 0 saturated carbocycles. The van der Waals surface area contributed by atoms with Gasteiger partial charge in [-0.05, 0) is 24.6 Å². The van der Waals surface area contributed by atoms with E-state index in [1.165, 1.54) is 12.3 Å². The summed E-state index contributed by atoms with van der Waals surface area (Å²) in [6.07, 6.45) is 4.76. The first kappa shape index (κ1) is 13.8. The Morgan fingerprint density at radius 1 is 1.61 bits per heavy atom. The van der Waals surface area contributed by atoms with Gasteiger partial charge in [0.25, 0.3) is 0 Å². The van der Waals surface area contributed by atoms with Crippen LogP contribution < -0.4 is 5.32 Å². The van der Waals surface area contributed by atoms with Gasteiger partial charge in [0, 0.05) is 24.4 Å². The number of hydrogen-bond acceptors (Lipinski definition) is 5. The van der Waals surface area contributed by atoms with Crippen LogP contribution in [0.4, 0.5) is 0 Å². The van der Waals surface area contributed by atoms with Gasteiger partial charge in [-0.3, -0.25) is 9.79 Å². The first-order valence-corrected chi connectivity index (χ1v) is 5.36. The average Bonchev–Trinajstić information content (AvgIpc) is 2.37. The van der Waals surface area contributed by atoms with Crippen LogP contribution in [0, 0.1) is 4.91 Å². The van der Waals surface area contributed by atoms with Crippen LogP contribution in [0.5, 0.6) is 0 Å². The van der Waals surface area contributed by atoms with E-state index >= 15 is 0 Å². The number of aliphatic imine (C=N–C) groups is 1. The Morgan fingerprint density at radius 2 is 2.33 bits per heavy atom. The Bertz CT molecular complexity index is 451. The highest BCUT2D eigenvalue weighted by molar-refractivity contribution is 5.95. The number of aliphatic carboxylic acids is 1. The lowest BCUT2D eigenvalue weighted by molar-refractivity contribution is -0.139. The van der Waals surface area contributed by atoms with E-state index in [-0.39, 0.29) is 12.1 Å². The molecule has 1 heterocycles. The van der Waals surface area contributed by atoms with Gasteiger partial charge in [0.05, 0.1) is 0 Å². The highest BCUT2D eigenvalue weighted by atomic mass is 16.4. The zero-order chi connectivity index (χ0) is 13.5. The van der Waals surface area contributed by atoms with Crippen molar-refractivity contribution in [3.63, 3.8) is 0 Å². The molecule has 0 radical (unpaired) electrons. The summed E-state index contributed by atoms with van der Waals surface area (Å²) in [5.41, 5.74) is 0.491. The lowest BCUT2D eigenvalue weighted by Gasteiger charge is -2.21. The van der Waals surface area contributed by atoms with Crippen LogP contribution in [-0.4, -0.2) is 35.8 Å². The van der Waals surface area contributed by atoms with Crippen molar-refractivity contribution in [3.05, 3.63) is 28.3 Å².